The van der Waals surface area contributed by atoms with E-state index in [1.165, 1.54) is 20.8 Å². The Morgan fingerprint density at radius 3 is 1.54 bits per heavy atom. The monoisotopic (exact) mass is 1450 g/mol. The average Bonchev–Trinajstić information content (AvgIpc) is 0.914. The quantitative estimate of drug-likeness (QED) is 0.0400. The lowest BCUT2D eigenvalue weighted by molar-refractivity contribution is -0.144. The molecule has 12 atom stereocenters. The van der Waals surface area contributed by atoms with Crippen molar-refractivity contribution < 1.29 is 96.7 Å². The number of carbonyl (C=O) groups is 14. The zero-order valence-electron chi connectivity index (χ0n) is 62.1. The van der Waals surface area contributed by atoms with Gasteiger partial charge in [0, 0.05) is 26.1 Å². The van der Waals surface area contributed by atoms with Crippen molar-refractivity contribution in [3.8, 4) is 0 Å². The van der Waals surface area contributed by atoms with Gasteiger partial charge in [0.25, 0.3) is 0 Å². The molecule has 15 N–H and O–H groups in total. The van der Waals surface area contributed by atoms with Crippen LogP contribution in [0.2, 0.25) is 0 Å². The fraction of sp³-hybridized carbons (Fsp3) is 0.710. The smallest absolute Gasteiger partial charge is 0.411 e. The van der Waals surface area contributed by atoms with Gasteiger partial charge in [-0.3, -0.25) is 52.8 Å². The van der Waals surface area contributed by atoms with Crippen LogP contribution in [0.25, 0.3) is 0 Å². The number of alkyl carbamates (subject to hydrolysis) is 2. The molecular weight excluding hydrogens is 1330 g/mol. The number of hydrogen-bond acceptors (Lipinski definition) is 19. The van der Waals surface area contributed by atoms with Crippen molar-refractivity contribution in [2.75, 3.05) is 26.2 Å². The summed E-state index contributed by atoms with van der Waals surface area (Å²) >= 11 is 0. The van der Waals surface area contributed by atoms with Crippen molar-refractivity contribution in [3.05, 3.63) is 35.9 Å². The van der Waals surface area contributed by atoms with Crippen molar-refractivity contribution >= 4 is 83.3 Å². The van der Waals surface area contributed by atoms with Crippen molar-refractivity contribution in [3.63, 3.8) is 0 Å². The van der Waals surface area contributed by atoms with Crippen LogP contribution in [0.15, 0.2) is 30.3 Å². The van der Waals surface area contributed by atoms with Gasteiger partial charge in [0.05, 0.1) is 12.2 Å². The highest BCUT2D eigenvalue weighted by Gasteiger charge is 2.40. The fourth-order valence-electron chi connectivity index (χ4n) is 10.4. The molecular formula is C69H115N13O20. The lowest BCUT2D eigenvalue weighted by Crippen LogP contribution is -2.61. The number of benzene rings is 1. The first-order valence-electron chi connectivity index (χ1n) is 35.1. The molecule has 33 nitrogen and oxygen atoms in total. The standard InChI is InChI=1S/C69H115N13O20/c1-17-20-22-29-50(63(95)96)82(66(99)102-69(14,15)16)38-51(85)80-53(41(7)84)62(94)77-44(26-19-3)54(86)74-45-30-33-70-61(93)52(40(6)83)81-58(90)47(32-35-72-65(98)101-68(11,12)13)75-57(89)46(31-34-71-64(97)100-67(8,9)10)76-59(91)48(36-39(4)5)78-60(92)49(37-42-27-23-21-24-28-42)79-55(87)43(25-18-2)73-56(45)88/h21,23-24,27-28,39-41,43-50,52-53,83-84H,17-20,22,25-26,29-38H2,1-16H3,(H,70,93)(H,71,97)(H,72,98)(H,73,88)(H,74,86)(H,75,89)(H,76,91)(H,77,94)(H,78,92)(H,79,87)(H,80,85)(H,81,90)(H,95,96)/t40-,41-,43+,44+,45+,46+,47+,48+,49-,50+,52+,53+/m1/s1. The predicted octanol–water partition coefficient (Wildman–Crippen LogP) is 1.62. The summed E-state index contributed by atoms with van der Waals surface area (Å²) in [4.78, 5) is 198. The van der Waals surface area contributed by atoms with Crippen LogP contribution in [0.3, 0.4) is 0 Å². The third-order valence-corrected chi connectivity index (χ3v) is 15.3. The van der Waals surface area contributed by atoms with Gasteiger partial charge in [0.1, 0.15) is 83.8 Å². The molecule has 1 aliphatic rings. The lowest BCUT2D eigenvalue weighted by Gasteiger charge is -2.32. The highest BCUT2D eigenvalue weighted by Crippen LogP contribution is 2.18. The van der Waals surface area contributed by atoms with Gasteiger partial charge in [0.2, 0.25) is 59.1 Å². The molecule has 0 bridgehead atoms. The van der Waals surface area contributed by atoms with Gasteiger partial charge in [-0.05, 0) is 133 Å². The number of carboxylic acids is 1. The largest absolute Gasteiger partial charge is 0.480 e. The van der Waals surface area contributed by atoms with E-state index in [0.717, 1.165) is 13.8 Å². The van der Waals surface area contributed by atoms with E-state index in [0.29, 0.717) is 29.7 Å². The zero-order chi connectivity index (χ0) is 77.4. The molecule has 33 heteroatoms. The average molecular weight is 1450 g/mol. The van der Waals surface area contributed by atoms with E-state index in [4.69, 9.17) is 14.2 Å². The number of aliphatic hydroxyl groups excluding tert-OH is 2. The molecule has 1 heterocycles. The van der Waals surface area contributed by atoms with Crippen LogP contribution in [-0.2, 0) is 73.4 Å². The molecule has 0 unspecified atom stereocenters. The number of rotatable bonds is 29. The highest BCUT2D eigenvalue weighted by atomic mass is 16.6. The Bertz CT molecular complexity index is 2970. The van der Waals surface area contributed by atoms with Gasteiger partial charge in [-0.25, -0.2) is 19.2 Å². The third-order valence-electron chi connectivity index (χ3n) is 15.3. The van der Waals surface area contributed by atoms with Crippen LogP contribution in [0.1, 0.15) is 193 Å². The van der Waals surface area contributed by atoms with E-state index in [9.17, 15) is 82.4 Å². The number of unbranched alkanes of at least 4 members (excludes halogenated alkanes) is 2. The number of amides is 13. The summed E-state index contributed by atoms with van der Waals surface area (Å²) in [6, 6.07) is -7.61. The molecule has 576 valence electrons. The summed E-state index contributed by atoms with van der Waals surface area (Å²) in [5.74, 6) is -11.9. The summed E-state index contributed by atoms with van der Waals surface area (Å²) in [6.45, 7) is 23.2. The van der Waals surface area contributed by atoms with Crippen molar-refractivity contribution in [1.82, 2.24) is 68.7 Å². The van der Waals surface area contributed by atoms with Gasteiger partial charge < -0.3 is 93.3 Å². The van der Waals surface area contributed by atoms with Crippen molar-refractivity contribution in [2.24, 2.45) is 5.92 Å². The Balaban J connectivity index is 2.87. The second-order valence-corrected chi connectivity index (χ2v) is 28.8. The number of nitrogens with zero attached hydrogens (tertiary/aromatic N) is 1. The van der Waals surface area contributed by atoms with Crippen LogP contribution >= 0.6 is 0 Å². The number of ether oxygens (including phenoxy) is 3. The second-order valence-electron chi connectivity index (χ2n) is 28.8. The maximum absolute atomic E-state index is 14.8. The summed E-state index contributed by atoms with van der Waals surface area (Å²) < 4.78 is 16.2. The third kappa shape index (κ3) is 34.2. The Kier molecular flexibility index (Phi) is 37.7. The topological polar surface area (TPSA) is 475 Å². The molecule has 1 aromatic carbocycles. The number of carbonyl (C=O) groups excluding carboxylic acids is 13. The molecule has 0 saturated carbocycles. The van der Waals surface area contributed by atoms with E-state index < -0.39 is 199 Å². The van der Waals surface area contributed by atoms with E-state index in [2.05, 4.69) is 63.8 Å². The minimum absolute atomic E-state index is 0.0492. The normalized spacial score (nSPS) is 21.0. The first-order chi connectivity index (χ1) is 47.5. The minimum Gasteiger partial charge on any atom is -0.480 e. The molecule has 0 spiro atoms. The Labute approximate surface area is 598 Å². The predicted molar refractivity (Wildman–Crippen MR) is 374 cm³/mol. The molecule has 1 saturated heterocycles. The number of aliphatic hydroxyl groups is 2. The Morgan fingerprint density at radius 2 is 1.06 bits per heavy atom. The van der Waals surface area contributed by atoms with E-state index >= 15 is 0 Å². The van der Waals surface area contributed by atoms with Gasteiger partial charge in [0.15, 0.2) is 0 Å². The second kappa shape index (κ2) is 43.2. The summed E-state index contributed by atoms with van der Waals surface area (Å²) in [7, 11) is 0. The SMILES string of the molecule is CCCCC[C@@H](C(=O)O)N(CC(=O)N[C@H](C(=O)N[C@@H](CCC)C(=O)N[C@H]1CCNC(=O)[C@H]([C@@H](C)O)NC(=O)[C@H](CCNC(=O)OC(C)(C)C)NC(=O)[C@H](CCNC(=O)OC(C)(C)C)NC(=O)[C@H](CC(C)C)NC(=O)[C@@H](Cc2ccccc2)NC(=O)[C@H](CCC)NC1=O)[C@@H](C)O)C(=O)OC(C)(C)C. The molecule has 0 aromatic heterocycles. The van der Waals surface area contributed by atoms with Gasteiger partial charge in [-0.2, -0.15) is 0 Å². The molecule has 1 fully saturated rings. The number of carboxylic acid groups (broad SMARTS) is 1. The summed E-state index contributed by atoms with van der Waals surface area (Å²) in [6.07, 6.45) is -5.91. The Hall–Kier alpha value is -8.88. The van der Waals surface area contributed by atoms with Crippen LogP contribution in [0.4, 0.5) is 14.4 Å². The summed E-state index contributed by atoms with van der Waals surface area (Å²) in [5, 5.41) is 62.9. The lowest BCUT2D eigenvalue weighted by atomic mass is 10.00. The van der Waals surface area contributed by atoms with Gasteiger partial charge >= 0.3 is 24.2 Å². The van der Waals surface area contributed by atoms with E-state index in [1.807, 2.05) is 6.92 Å². The van der Waals surface area contributed by atoms with Gasteiger partial charge in [-0.15, -0.1) is 0 Å². The maximum Gasteiger partial charge on any atom is 0.411 e. The molecule has 2 rings (SSSR count). The fourth-order valence-corrected chi connectivity index (χ4v) is 10.4. The molecule has 102 heavy (non-hydrogen) atoms. The van der Waals surface area contributed by atoms with Crippen LogP contribution in [-0.4, -0.2) is 219 Å². The van der Waals surface area contributed by atoms with Crippen LogP contribution < -0.4 is 63.8 Å². The number of hydrogen-bond donors (Lipinski definition) is 15. The zero-order valence-corrected chi connectivity index (χ0v) is 62.1. The first-order valence-corrected chi connectivity index (χ1v) is 35.1. The number of aliphatic carboxylic acids is 1. The highest BCUT2D eigenvalue weighted by molar-refractivity contribution is 5.99. The van der Waals surface area contributed by atoms with Crippen LogP contribution in [0.5, 0.6) is 0 Å². The molecule has 13 amide bonds. The first kappa shape index (κ1) is 89.2. The maximum atomic E-state index is 14.8. The van der Waals surface area contributed by atoms with E-state index in [1.54, 1.807) is 99.6 Å². The molecule has 1 aliphatic heterocycles. The molecule has 1 aromatic rings. The van der Waals surface area contributed by atoms with E-state index in [-0.39, 0.29) is 70.4 Å². The summed E-state index contributed by atoms with van der Waals surface area (Å²) in [5.41, 5.74) is -2.46. The van der Waals surface area contributed by atoms with Crippen LogP contribution in [0, 0.1) is 5.92 Å². The van der Waals surface area contributed by atoms with Crippen molar-refractivity contribution in [2.45, 2.75) is 284 Å². The number of nitrogens with one attached hydrogen (secondary N) is 12. The molecule has 0 aliphatic carbocycles. The van der Waals surface area contributed by atoms with Gasteiger partial charge in [-0.1, -0.05) is 97.1 Å². The molecule has 0 radical (unpaired) electrons. The minimum atomic E-state index is -1.84. The van der Waals surface area contributed by atoms with Crippen molar-refractivity contribution in [1.29, 1.82) is 0 Å². The Morgan fingerprint density at radius 1 is 0.569 bits per heavy atom.